The quantitative estimate of drug-likeness (QED) is 0.407. The smallest absolute Gasteiger partial charge is 0.239 e. The van der Waals surface area contributed by atoms with Crippen molar-refractivity contribution in [3.8, 4) is 0 Å². The first kappa shape index (κ1) is 18.1. The van der Waals surface area contributed by atoms with Crippen LogP contribution in [0.15, 0.2) is 53.4 Å². The summed E-state index contributed by atoms with van der Waals surface area (Å²) in [5, 5.41) is -0.0236. The highest BCUT2D eigenvalue weighted by Gasteiger charge is 2.38. The molecule has 0 spiro atoms. The third-order valence-electron chi connectivity index (χ3n) is 2.82. The zero-order valence-corrected chi connectivity index (χ0v) is 17.1. The summed E-state index contributed by atoms with van der Waals surface area (Å²) in [4.78, 5) is 12.2. The molecule has 0 atom stereocenters. The number of hydrogen-bond acceptors (Lipinski definition) is 3. The van der Waals surface area contributed by atoms with Crippen LogP contribution in [0.2, 0.25) is 5.02 Å². The van der Waals surface area contributed by atoms with E-state index in [2.05, 4.69) is 47.8 Å². The van der Waals surface area contributed by atoms with Crippen LogP contribution in [0.1, 0.15) is 15.9 Å². The number of rotatable bonds is 3. The van der Waals surface area contributed by atoms with Gasteiger partial charge < -0.3 is 0 Å². The molecule has 0 N–H and O–H groups in total. The average Bonchev–Trinajstić information content (AvgIpc) is 2.45. The van der Waals surface area contributed by atoms with E-state index in [0.717, 1.165) is 0 Å². The maximum Gasteiger partial charge on any atom is 0.239 e. The molecule has 116 valence electrons. The molecule has 2 rings (SSSR count). The standard InChI is InChI=1S/C14H8Br3ClO3S/c15-14(16,17)22(20,21)12-7-6-10(8-11(12)18)13(19)9-4-2-1-3-5-9/h1-8H. The first-order chi connectivity index (χ1) is 10.1. The average molecular weight is 531 g/mol. The van der Waals surface area contributed by atoms with E-state index in [1.54, 1.807) is 30.3 Å². The van der Waals surface area contributed by atoms with Crippen molar-refractivity contribution in [3.05, 3.63) is 64.7 Å². The largest absolute Gasteiger partial charge is 0.289 e. The van der Waals surface area contributed by atoms with E-state index in [4.69, 9.17) is 11.6 Å². The topological polar surface area (TPSA) is 51.2 Å². The molecule has 0 saturated heterocycles. The fourth-order valence-electron chi connectivity index (χ4n) is 1.74. The zero-order valence-electron chi connectivity index (χ0n) is 10.8. The van der Waals surface area contributed by atoms with Gasteiger partial charge in [-0.1, -0.05) is 41.9 Å². The third-order valence-corrected chi connectivity index (χ3v) is 8.63. The van der Waals surface area contributed by atoms with Crippen molar-refractivity contribution in [2.75, 3.05) is 0 Å². The van der Waals surface area contributed by atoms with Crippen molar-refractivity contribution in [1.82, 2.24) is 0 Å². The summed E-state index contributed by atoms with van der Waals surface area (Å²) in [5.74, 6) is -0.228. The van der Waals surface area contributed by atoms with Gasteiger partial charge in [0.25, 0.3) is 0 Å². The van der Waals surface area contributed by atoms with Gasteiger partial charge >= 0.3 is 0 Å². The highest BCUT2D eigenvalue weighted by atomic mass is 80.0. The molecule has 22 heavy (non-hydrogen) atoms. The molecule has 2 aromatic rings. The summed E-state index contributed by atoms with van der Waals surface area (Å²) < 4.78 is 23.1. The molecule has 0 aliphatic carbocycles. The number of sulfone groups is 1. The maximum atomic E-state index is 12.3. The van der Waals surface area contributed by atoms with Crippen LogP contribution in [0, 0.1) is 0 Å². The normalized spacial score (nSPS) is 12.2. The molecule has 0 unspecified atom stereocenters. The highest BCUT2D eigenvalue weighted by Crippen LogP contribution is 2.44. The Morgan fingerprint density at radius 3 is 2.05 bits per heavy atom. The van der Waals surface area contributed by atoms with Crippen LogP contribution in [0.3, 0.4) is 0 Å². The fourth-order valence-corrected chi connectivity index (χ4v) is 4.61. The molecule has 0 radical (unpaired) electrons. The Labute approximate surface area is 158 Å². The number of carbonyl (C=O) groups excluding carboxylic acids is 1. The highest BCUT2D eigenvalue weighted by molar-refractivity contribution is 9.42. The molecular weight excluding hydrogens is 523 g/mol. The molecule has 0 aliphatic heterocycles. The Morgan fingerprint density at radius 2 is 1.55 bits per heavy atom. The predicted octanol–water partition coefficient (Wildman–Crippen LogP) is 5.14. The summed E-state index contributed by atoms with van der Waals surface area (Å²) in [6.07, 6.45) is 0. The number of benzene rings is 2. The maximum absolute atomic E-state index is 12.3. The van der Waals surface area contributed by atoms with Crippen LogP contribution in [0.5, 0.6) is 0 Å². The summed E-state index contributed by atoms with van der Waals surface area (Å²) in [6.45, 7) is 0. The molecule has 0 aromatic heterocycles. The van der Waals surface area contributed by atoms with E-state index in [0.29, 0.717) is 11.1 Å². The molecule has 3 nitrogen and oxygen atoms in total. The summed E-state index contributed by atoms with van der Waals surface area (Å²) >= 11 is 15.0. The second kappa shape index (κ2) is 6.73. The molecule has 0 amide bonds. The summed E-state index contributed by atoms with van der Waals surface area (Å²) in [7, 11) is -3.81. The SMILES string of the molecule is O=C(c1ccccc1)c1ccc(S(=O)(=O)C(Br)(Br)Br)c(Cl)c1. The summed E-state index contributed by atoms with van der Waals surface area (Å²) in [6, 6.07) is 12.8. The van der Waals surface area contributed by atoms with Crippen molar-refractivity contribution < 1.29 is 13.2 Å². The van der Waals surface area contributed by atoms with Gasteiger partial charge in [0, 0.05) is 11.1 Å². The van der Waals surface area contributed by atoms with Gasteiger partial charge in [-0.05, 0) is 66.0 Å². The van der Waals surface area contributed by atoms with Crippen LogP contribution in [-0.2, 0) is 9.84 Å². The van der Waals surface area contributed by atoms with E-state index in [1.807, 2.05) is 0 Å². The monoisotopic (exact) mass is 528 g/mol. The van der Waals surface area contributed by atoms with E-state index < -0.39 is 11.3 Å². The Balaban J connectivity index is 2.46. The van der Waals surface area contributed by atoms with Gasteiger partial charge in [0.1, 0.15) is 0 Å². The van der Waals surface area contributed by atoms with Crippen molar-refractivity contribution in [2.45, 2.75) is 6.37 Å². The van der Waals surface area contributed by atoms with Gasteiger partial charge in [-0.25, -0.2) is 8.42 Å². The molecule has 0 heterocycles. The first-order valence-corrected chi connectivity index (χ1v) is 10.1. The lowest BCUT2D eigenvalue weighted by molar-refractivity contribution is 0.103. The van der Waals surface area contributed by atoms with Crippen LogP contribution in [0.4, 0.5) is 0 Å². The van der Waals surface area contributed by atoms with Gasteiger partial charge in [-0.3, -0.25) is 4.79 Å². The minimum Gasteiger partial charge on any atom is -0.289 e. The second-order valence-corrected chi connectivity index (χ2v) is 15.1. The second-order valence-electron chi connectivity index (χ2n) is 4.29. The minimum absolute atomic E-state index is 0.0236. The van der Waals surface area contributed by atoms with E-state index in [1.165, 1.54) is 18.2 Å². The molecule has 0 fully saturated rings. The van der Waals surface area contributed by atoms with E-state index in [-0.39, 0.29) is 15.7 Å². The van der Waals surface area contributed by atoms with E-state index in [9.17, 15) is 13.2 Å². The predicted molar refractivity (Wildman–Crippen MR) is 98.0 cm³/mol. The Morgan fingerprint density at radius 1 is 0.955 bits per heavy atom. The van der Waals surface area contributed by atoms with E-state index >= 15 is 0 Å². The Hall–Kier alpha value is -0.210. The van der Waals surface area contributed by atoms with Crippen LogP contribution in [0.25, 0.3) is 0 Å². The number of halogens is 4. The first-order valence-electron chi connectivity index (χ1n) is 5.85. The van der Waals surface area contributed by atoms with Crippen LogP contribution >= 0.6 is 59.4 Å². The minimum atomic E-state index is -3.81. The third kappa shape index (κ3) is 3.64. The van der Waals surface area contributed by atoms with Crippen molar-refractivity contribution in [3.63, 3.8) is 0 Å². The summed E-state index contributed by atoms with van der Waals surface area (Å²) in [5.41, 5.74) is 0.824. The lowest BCUT2D eigenvalue weighted by Gasteiger charge is -2.15. The number of ketones is 1. The molecule has 0 bridgehead atoms. The number of hydrogen-bond donors (Lipinski definition) is 0. The lowest BCUT2D eigenvalue weighted by Crippen LogP contribution is -2.18. The molecule has 0 aliphatic rings. The van der Waals surface area contributed by atoms with Gasteiger partial charge in [-0.15, -0.1) is 0 Å². The Bertz CT molecular complexity index is 815. The number of carbonyl (C=O) groups is 1. The molecule has 8 heteroatoms. The van der Waals surface area contributed by atoms with Crippen molar-refractivity contribution in [2.24, 2.45) is 0 Å². The van der Waals surface area contributed by atoms with Crippen LogP contribution in [-0.4, -0.2) is 15.7 Å². The fraction of sp³-hybridized carbons (Fsp3) is 0.0714. The van der Waals surface area contributed by atoms with Crippen LogP contribution < -0.4 is 0 Å². The van der Waals surface area contributed by atoms with Crippen molar-refractivity contribution in [1.29, 1.82) is 0 Å². The molecule has 2 aromatic carbocycles. The van der Waals surface area contributed by atoms with Gasteiger partial charge in [0.05, 0.1) is 9.92 Å². The van der Waals surface area contributed by atoms with Gasteiger partial charge in [0.15, 0.2) is 5.78 Å². The lowest BCUT2D eigenvalue weighted by atomic mass is 10.0. The van der Waals surface area contributed by atoms with Gasteiger partial charge in [-0.2, -0.15) is 0 Å². The van der Waals surface area contributed by atoms with Crippen molar-refractivity contribution >= 4 is 75.0 Å². The van der Waals surface area contributed by atoms with Gasteiger partial charge in [0.2, 0.25) is 11.3 Å². The molecular formula is C14H8Br3ClO3S. The number of alkyl halides is 3. The zero-order chi connectivity index (χ0) is 16.5. The molecule has 0 saturated carbocycles. The Kier molecular flexibility index (Phi) is 5.54.